The van der Waals surface area contributed by atoms with Crippen molar-refractivity contribution in [1.82, 2.24) is 10.3 Å². The van der Waals surface area contributed by atoms with Crippen molar-refractivity contribution in [3.8, 4) is 11.1 Å². The summed E-state index contributed by atoms with van der Waals surface area (Å²) >= 11 is 1.11. The van der Waals surface area contributed by atoms with Gasteiger partial charge >= 0.3 is 12.1 Å². The van der Waals surface area contributed by atoms with E-state index < -0.39 is 23.4 Å². The number of hydrogen-bond acceptors (Lipinski definition) is 6. The molecule has 0 aliphatic heterocycles. The van der Waals surface area contributed by atoms with Gasteiger partial charge in [0.2, 0.25) is 0 Å². The topological polar surface area (TPSA) is 118 Å². The van der Waals surface area contributed by atoms with Gasteiger partial charge in [-0.1, -0.05) is 48.5 Å². The van der Waals surface area contributed by atoms with Crippen LogP contribution in [0.25, 0.3) is 11.1 Å². The van der Waals surface area contributed by atoms with Crippen molar-refractivity contribution in [1.29, 1.82) is 0 Å². The standard InChI is InChI=1S/C25H25N3O5S/c1-25(2,22(30)31)11-12-26-21(29)20-14-34-23(27-20)28-24(32)33-13-19-17-9-5-3-7-15(17)16-8-4-6-10-18(16)19/h3-10,14,19H,11-13H2,1-2H3,(H,26,29)(H,30,31)(H,27,28,32). The van der Waals surface area contributed by atoms with Crippen molar-refractivity contribution in [2.75, 3.05) is 18.5 Å². The number of ether oxygens (including phenoxy) is 1. The fraction of sp³-hybridized carbons (Fsp3) is 0.280. The number of carbonyl (C=O) groups excluding carboxylic acids is 2. The summed E-state index contributed by atoms with van der Waals surface area (Å²) in [6.07, 6.45) is -0.366. The average Bonchev–Trinajstić information content (AvgIpc) is 3.40. The highest BCUT2D eigenvalue weighted by Crippen LogP contribution is 2.44. The lowest BCUT2D eigenvalue weighted by Gasteiger charge is -2.18. The molecule has 0 saturated carbocycles. The summed E-state index contributed by atoms with van der Waals surface area (Å²) in [5, 5.41) is 16.1. The first-order valence-corrected chi connectivity index (χ1v) is 11.7. The Balaban J connectivity index is 1.31. The molecule has 9 heteroatoms. The molecule has 1 heterocycles. The van der Waals surface area contributed by atoms with Crippen molar-refractivity contribution in [3.63, 3.8) is 0 Å². The third-order valence-electron chi connectivity index (χ3n) is 5.90. The van der Waals surface area contributed by atoms with Crippen molar-refractivity contribution in [2.45, 2.75) is 26.2 Å². The number of carbonyl (C=O) groups is 3. The molecule has 0 atom stereocenters. The van der Waals surface area contributed by atoms with E-state index in [0.29, 0.717) is 0 Å². The average molecular weight is 480 g/mol. The molecule has 1 aliphatic carbocycles. The molecule has 4 rings (SSSR count). The Morgan fingerprint density at radius 1 is 1.06 bits per heavy atom. The van der Waals surface area contributed by atoms with Crippen LogP contribution in [0.3, 0.4) is 0 Å². The number of hydrogen-bond donors (Lipinski definition) is 3. The highest BCUT2D eigenvalue weighted by molar-refractivity contribution is 7.14. The molecule has 0 radical (unpaired) electrons. The number of aromatic nitrogens is 1. The summed E-state index contributed by atoms with van der Waals surface area (Å²) in [6, 6.07) is 16.2. The summed E-state index contributed by atoms with van der Waals surface area (Å²) in [5.74, 6) is -1.41. The number of amides is 2. The van der Waals surface area contributed by atoms with Gasteiger partial charge < -0.3 is 15.2 Å². The van der Waals surface area contributed by atoms with Crippen LogP contribution in [0.15, 0.2) is 53.9 Å². The lowest BCUT2D eigenvalue weighted by Crippen LogP contribution is -2.32. The SMILES string of the molecule is CC(C)(CCNC(=O)c1csc(NC(=O)OCC2c3ccccc3-c3ccccc32)n1)C(=O)O. The van der Waals surface area contributed by atoms with E-state index in [1.165, 1.54) is 5.38 Å². The van der Waals surface area contributed by atoms with E-state index in [1.807, 2.05) is 36.4 Å². The first-order chi connectivity index (χ1) is 16.3. The van der Waals surface area contributed by atoms with Crippen molar-refractivity contribution in [2.24, 2.45) is 5.41 Å². The van der Waals surface area contributed by atoms with E-state index in [0.717, 1.165) is 33.6 Å². The summed E-state index contributed by atoms with van der Waals surface area (Å²) in [4.78, 5) is 40.0. The monoisotopic (exact) mass is 479 g/mol. The summed E-state index contributed by atoms with van der Waals surface area (Å²) in [6.45, 7) is 3.57. The number of carboxylic acids is 1. The first kappa shape index (κ1) is 23.4. The number of anilines is 1. The number of nitrogens with one attached hydrogen (secondary N) is 2. The molecule has 0 unspecified atom stereocenters. The van der Waals surface area contributed by atoms with E-state index in [-0.39, 0.29) is 36.3 Å². The number of aliphatic carboxylic acids is 1. The molecule has 8 nitrogen and oxygen atoms in total. The predicted molar refractivity (Wildman–Crippen MR) is 129 cm³/mol. The van der Waals surface area contributed by atoms with Gasteiger partial charge in [-0.2, -0.15) is 0 Å². The third-order valence-corrected chi connectivity index (χ3v) is 6.66. The van der Waals surface area contributed by atoms with Gasteiger partial charge in [-0.05, 0) is 42.5 Å². The number of nitrogens with zero attached hydrogens (tertiary/aromatic N) is 1. The summed E-state index contributed by atoms with van der Waals surface area (Å²) in [7, 11) is 0. The predicted octanol–water partition coefficient (Wildman–Crippen LogP) is 4.73. The molecule has 0 bridgehead atoms. The summed E-state index contributed by atoms with van der Waals surface area (Å²) < 4.78 is 5.50. The Bertz CT molecular complexity index is 1190. The minimum absolute atomic E-state index is 0.0502. The van der Waals surface area contributed by atoms with E-state index >= 15 is 0 Å². The lowest BCUT2D eigenvalue weighted by atomic mass is 9.90. The van der Waals surface area contributed by atoms with Crippen LogP contribution in [0.1, 0.15) is 47.8 Å². The molecule has 3 aromatic rings. The van der Waals surface area contributed by atoms with Crippen LogP contribution < -0.4 is 10.6 Å². The normalized spacial score (nSPS) is 12.5. The largest absolute Gasteiger partial charge is 0.481 e. The minimum atomic E-state index is -0.938. The maximum Gasteiger partial charge on any atom is 0.413 e. The first-order valence-electron chi connectivity index (χ1n) is 10.9. The maximum atomic E-state index is 12.4. The molecule has 0 spiro atoms. The van der Waals surface area contributed by atoms with E-state index in [1.54, 1.807) is 13.8 Å². The van der Waals surface area contributed by atoms with Gasteiger partial charge in [0.25, 0.3) is 5.91 Å². The van der Waals surface area contributed by atoms with Crippen LogP contribution in [-0.2, 0) is 9.53 Å². The van der Waals surface area contributed by atoms with Crippen molar-refractivity contribution >= 4 is 34.4 Å². The Hall–Kier alpha value is -3.72. The third kappa shape index (κ3) is 4.94. The molecule has 34 heavy (non-hydrogen) atoms. The Morgan fingerprint density at radius 2 is 1.68 bits per heavy atom. The number of thiazole rings is 1. The molecule has 0 fully saturated rings. The fourth-order valence-electron chi connectivity index (χ4n) is 3.84. The second kappa shape index (κ2) is 9.64. The fourth-order valence-corrected chi connectivity index (χ4v) is 4.52. The quantitative estimate of drug-likeness (QED) is 0.430. The van der Waals surface area contributed by atoms with Gasteiger partial charge in [-0.25, -0.2) is 9.78 Å². The van der Waals surface area contributed by atoms with Crippen LogP contribution in [0.5, 0.6) is 0 Å². The lowest BCUT2D eigenvalue weighted by molar-refractivity contribution is -0.147. The zero-order chi connectivity index (χ0) is 24.3. The van der Waals surface area contributed by atoms with Crippen LogP contribution in [0.4, 0.5) is 9.93 Å². The highest BCUT2D eigenvalue weighted by Gasteiger charge is 2.29. The van der Waals surface area contributed by atoms with Gasteiger partial charge in [0.15, 0.2) is 5.13 Å². The molecule has 176 valence electrons. The number of rotatable bonds is 8. The Morgan fingerprint density at radius 3 is 2.29 bits per heavy atom. The molecule has 2 amide bonds. The van der Waals surface area contributed by atoms with Gasteiger partial charge in [0, 0.05) is 17.8 Å². The molecule has 1 aliphatic rings. The van der Waals surface area contributed by atoms with Gasteiger partial charge in [0.1, 0.15) is 12.3 Å². The zero-order valence-corrected chi connectivity index (χ0v) is 19.6. The van der Waals surface area contributed by atoms with E-state index in [2.05, 4.69) is 27.8 Å². The highest BCUT2D eigenvalue weighted by atomic mass is 32.1. The van der Waals surface area contributed by atoms with Crippen LogP contribution in [-0.4, -0.2) is 41.2 Å². The van der Waals surface area contributed by atoms with Crippen LogP contribution in [0.2, 0.25) is 0 Å². The number of carboxylic acid groups (broad SMARTS) is 1. The Labute approximate surface area is 201 Å². The van der Waals surface area contributed by atoms with Gasteiger partial charge in [-0.3, -0.25) is 14.9 Å². The second-order valence-electron chi connectivity index (χ2n) is 8.68. The molecule has 3 N–H and O–H groups in total. The maximum absolute atomic E-state index is 12.4. The van der Waals surface area contributed by atoms with Gasteiger partial charge in [-0.15, -0.1) is 11.3 Å². The molecule has 2 aromatic carbocycles. The Kier molecular flexibility index (Phi) is 6.65. The van der Waals surface area contributed by atoms with E-state index in [4.69, 9.17) is 9.84 Å². The van der Waals surface area contributed by atoms with E-state index in [9.17, 15) is 14.4 Å². The van der Waals surface area contributed by atoms with Crippen LogP contribution >= 0.6 is 11.3 Å². The number of fused-ring (bicyclic) bond motifs is 3. The second-order valence-corrected chi connectivity index (χ2v) is 9.54. The molecular weight excluding hydrogens is 454 g/mol. The molecule has 1 aromatic heterocycles. The molecular formula is C25H25N3O5S. The van der Waals surface area contributed by atoms with Crippen molar-refractivity contribution in [3.05, 3.63) is 70.7 Å². The number of benzene rings is 2. The smallest absolute Gasteiger partial charge is 0.413 e. The molecule has 0 saturated heterocycles. The minimum Gasteiger partial charge on any atom is -0.481 e. The van der Waals surface area contributed by atoms with Gasteiger partial charge in [0.05, 0.1) is 5.41 Å². The van der Waals surface area contributed by atoms with Crippen LogP contribution in [0, 0.1) is 5.41 Å². The zero-order valence-electron chi connectivity index (χ0n) is 18.8. The summed E-state index contributed by atoms with van der Waals surface area (Å²) in [5.41, 5.74) is 3.74. The van der Waals surface area contributed by atoms with Crippen molar-refractivity contribution < 1.29 is 24.2 Å².